The number of fused-ring (bicyclic) bond motifs is 1. The second-order valence-corrected chi connectivity index (χ2v) is 13.2. The van der Waals surface area contributed by atoms with E-state index in [1.807, 2.05) is 45.0 Å². The maximum Gasteiger partial charge on any atom is 0.416 e. The number of carboxylic acid groups (broad SMARTS) is 1. The molecule has 4 heterocycles. The fraction of sp³-hybridized carbons (Fsp3) is 0.306. The summed E-state index contributed by atoms with van der Waals surface area (Å²) >= 11 is 0. The van der Waals surface area contributed by atoms with E-state index < -0.39 is 23.7 Å². The predicted molar refractivity (Wildman–Crippen MR) is 183 cm³/mol. The Morgan fingerprint density at radius 1 is 0.961 bits per heavy atom. The third-order valence-electron chi connectivity index (χ3n) is 8.61. The van der Waals surface area contributed by atoms with Crippen molar-refractivity contribution in [1.29, 1.82) is 0 Å². The van der Waals surface area contributed by atoms with E-state index in [1.54, 1.807) is 36.2 Å². The Kier molecular flexibility index (Phi) is 9.47. The van der Waals surface area contributed by atoms with Gasteiger partial charge in [0.1, 0.15) is 28.5 Å². The van der Waals surface area contributed by atoms with E-state index in [1.165, 1.54) is 17.0 Å². The summed E-state index contributed by atoms with van der Waals surface area (Å²) in [5, 5.41) is 21.4. The van der Waals surface area contributed by atoms with Gasteiger partial charge in [-0.1, -0.05) is 32.9 Å². The van der Waals surface area contributed by atoms with Crippen LogP contribution in [0.3, 0.4) is 0 Å². The van der Waals surface area contributed by atoms with Crippen LogP contribution in [0.2, 0.25) is 0 Å². The lowest BCUT2D eigenvalue weighted by Crippen LogP contribution is -2.49. The highest BCUT2D eigenvalue weighted by molar-refractivity contribution is 6.03. The van der Waals surface area contributed by atoms with Gasteiger partial charge in [-0.25, -0.2) is 19.4 Å². The molecule has 3 N–H and O–H groups in total. The number of nitrogens with one attached hydrogen (secondary N) is 2. The molecule has 1 aliphatic heterocycles. The number of alkyl halides is 3. The zero-order valence-corrected chi connectivity index (χ0v) is 28.2. The molecule has 1 aliphatic rings. The van der Waals surface area contributed by atoms with Crippen LogP contribution in [0.25, 0.3) is 11.0 Å². The minimum Gasteiger partial charge on any atom is -0.497 e. The highest BCUT2D eigenvalue weighted by Crippen LogP contribution is 2.39. The number of nitrogens with zero attached hydrogens (tertiary/aromatic N) is 5. The summed E-state index contributed by atoms with van der Waals surface area (Å²) < 4.78 is 52.7. The van der Waals surface area contributed by atoms with Gasteiger partial charge in [0.2, 0.25) is 0 Å². The Morgan fingerprint density at radius 2 is 1.65 bits per heavy atom. The smallest absolute Gasteiger partial charge is 0.416 e. The molecule has 3 aromatic heterocycles. The van der Waals surface area contributed by atoms with Gasteiger partial charge in [0.05, 0.1) is 31.3 Å². The quantitative estimate of drug-likeness (QED) is 0.142. The number of anilines is 2. The average Bonchev–Trinajstić information content (AvgIpc) is 3.68. The van der Waals surface area contributed by atoms with Crippen LogP contribution in [0.15, 0.2) is 79.1 Å². The number of hydrogen-bond donors (Lipinski definition) is 3. The fourth-order valence-electron chi connectivity index (χ4n) is 6.34. The maximum atomic E-state index is 13.1. The highest BCUT2D eigenvalue weighted by atomic mass is 19.4. The summed E-state index contributed by atoms with van der Waals surface area (Å²) in [5.74, 6) is 1.09. The number of ether oxygens (including phenoxy) is 2. The first kappa shape index (κ1) is 35.0. The van der Waals surface area contributed by atoms with Crippen LogP contribution in [0.1, 0.15) is 48.7 Å². The van der Waals surface area contributed by atoms with E-state index in [0.717, 1.165) is 23.9 Å². The number of amides is 2. The minimum absolute atomic E-state index is 0.175. The van der Waals surface area contributed by atoms with Gasteiger partial charge in [0.15, 0.2) is 11.5 Å². The molecule has 2 aromatic carbocycles. The molecule has 15 heteroatoms. The molecule has 1 unspecified atom stereocenters. The standard InChI is InChI=1S/C36H36F3N7O5/c1-35(2,3)30-26(15-18-45(30)34(48)49)42-31-29-27(14-17-41-32(29)46(44-31)20-21-5-9-24(50-4)10-6-21)51-25-11-7-22(8-12-25)33(47)43-28-19-23(13-16-40-28)36(37,38)39/h5-14,16-17,19,26,30H,15,18,20H2,1-4H3,(H,42,44)(H,48,49)(H,40,43,47)/t26?,30-/m0/s1. The van der Waals surface area contributed by atoms with Crippen molar-refractivity contribution in [3.63, 3.8) is 0 Å². The molecule has 266 valence electrons. The predicted octanol–water partition coefficient (Wildman–Crippen LogP) is 7.53. The second kappa shape index (κ2) is 13.8. The van der Waals surface area contributed by atoms with Gasteiger partial charge in [0, 0.05) is 30.6 Å². The molecule has 0 radical (unpaired) electrons. The number of aromatic nitrogens is 4. The first-order chi connectivity index (χ1) is 24.2. The SMILES string of the molecule is COc1ccc(Cn2nc(NC3CCN(C(=O)O)[C@@H]3C(C)(C)C)c3c(Oc4ccc(C(=O)Nc5cc(C(F)(F)F)ccn5)cc4)ccnc32)cc1. The van der Waals surface area contributed by atoms with Gasteiger partial charge in [-0.3, -0.25) is 4.79 Å². The molecule has 1 fully saturated rings. The molecule has 2 atom stereocenters. The summed E-state index contributed by atoms with van der Waals surface area (Å²) in [7, 11) is 1.60. The number of pyridine rings is 2. The second-order valence-electron chi connectivity index (χ2n) is 13.2. The summed E-state index contributed by atoms with van der Waals surface area (Å²) in [6.07, 6.45) is -2.42. The van der Waals surface area contributed by atoms with Crippen LogP contribution in [0.5, 0.6) is 17.2 Å². The number of methoxy groups -OCH3 is 1. The van der Waals surface area contributed by atoms with Gasteiger partial charge in [-0.2, -0.15) is 18.3 Å². The number of carbonyl (C=O) groups excluding carboxylic acids is 1. The molecule has 12 nitrogen and oxygen atoms in total. The van der Waals surface area contributed by atoms with Gasteiger partial charge in [-0.15, -0.1) is 0 Å². The van der Waals surface area contributed by atoms with Crippen molar-refractivity contribution in [1.82, 2.24) is 24.6 Å². The number of rotatable bonds is 9. The van der Waals surface area contributed by atoms with Crippen molar-refractivity contribution in [2.24, 2.45) is 5.41 Å². The molecule has 51 heavy (non-hydrogen) atoms. The third kappa shape index (κ3) is 7.66. The first-order valence-corrected chi connectivity index (χ1v) is 16.1. The lowest BCUT2D eigenvalue weighted by molar-refractivity contribution is -0.137. The monoisotopic (exact) mass is 703 g/mol. The summed E-state index contributed by atoms with van der Waals surface area (Å²) in [5.41, 5.74) is 0.336. The lowest BCUT2D eigenvalue weighted by atomic mass is 9.82. The summed E-state index contributed by atoms with van der Waals surface area (Å²) in [6, 6.07) is 16.3. The van der Waals surface area contributed by atoms with Crippen molar-refractivity contribution in [3.05, 3.63) is 95.8 Å². The zero-order valence-electron chi connectivity index (χ0n) is 28.2. The van der Waals surface area contributed by atoms with Crippen molar-refractivity contribution in [2.75, 3.05) is 24.3 Å². The first-order valence-electron chi connectivity index (χ1n) is 16.1. The van der Waals surface area contributed by atoms with Crippen molar-refractivity contribution >= 4 is 34.7 Å². The molecule has 1 saturated heterocycles. The van der Waals surface area contributed by atoms with Gasteiger partial charge in [-0.05, 0) is 65.9 Å². The molecule has 2 amide bonds. The van der Waals surface area contributed by atoms with Gasteiger partial charge >= 0.3 is 12.3 Å². The van der Waals surface area contributed by atoms with Crippen LogP contribution < -0.4 is 20.1 Å². The number of carbonyl (C=O) groups is 2. The van der Waals surface area contributed by atoms with E-state index >= 15 is 0 Å². The Bertz CT molecular complexity index is 2040. The van der Waals surface area contributed by atoms with Crippen LogP contribution >= 0.6 is 0 Å². The highest BCUT2D eigenvalue weighted by Gasteiger charge is 2.44. The number of likely N-dealkylation sites (tertiary alicyclic amines) is 1. The normalized spacial score (nSPS) is 16.3. The largest absolute Gasteiger partial charge is 0.497 e. The third-order valence-corrected chi connectivity index (χ3v) is 8.61. The molecular formula is C36H36F3N7O5. The van der Waals surface area contributed by atoms with Crippen molar-refractivity contribution in [3.8, 4) is 17.2 Å². The van der Waals surface area contributed by atoms with E-state index in [0.29, 0.717) is 53.6 Å². The Balaban J connectivity index is 1.30. The van der Waals surface area contributed by atoms with Gasteiger partial charge < -0.3 is 30.1 Å². The van der Waals surface area contributed by atoms with Gasteiger partial charge in [0.25, 0.3) is 5.91 Å². The van der Waals surface area contributed by atoms with Crippen LogP contribution in [-0.2, 0) is 12.7 Å². The molecule has 5 aromatic rings. The van der Waals surface area contributed by atoms with E-state index in [9.17, 15) is 27.9 Å². The van der Waals surface area contributed by atoms with E-state index in [2.05, 4.69) is 20.6 Å². The topological polar surface area (TPSA) is 144 Å². The lowest BCUT2D eigenvalue weighted by Gasteiger charge is -2.37. The van der Waals surface area contributed by atoms with Crippen LogP contribution in [-0.4, -0.2) is 67.5 Å². The average molecular weight is 704 g/mol. The summed E-state index contributed by atoms with van der Waals surface area (Å²) in [4.78, 5) is 34.9. The van der Waals surface area contributed by atoms with E-state index in [4.69, 9.17) is 14.6 Å². The minimum atomic E-state index is -4.58. The van der Waals surface area contributed by atoms with E-state index in [-0.39, 0.29) is 28.9 Å². The van der Waals surface area contributed by atoms with Crippen LogP contribution in [0.4, 0.5) is 29.6 Å². The molecule has 0 saturated carbocycles. The number of benzene rings is 2. The van der Waals surface area contributed by atoms with Crippen molar-refractivity contribution in [2.45, 2.75) is 52.0 Å². The summed E-state index contributed by atoms with van der Waals surface area (Å²) in [6.45, 7) is 6.75. The molecule has 0 aliphatic carbocycles. The van der Waals surface area contributed by atoms with Crippen LogP contribution in [0, 0.1) is 5.41 Å². The number of halogens is 3. The molecular weight excluding hydrogens is 667 g/mol. The molecule has 0 bridgehead atoms. The molecule has 6 rings (SSSR count). The Hall–Kier alpha value is -5.86. The van der Waals surface area contributed by atoms with Crippen molar-refractivity contribution < 1.29 is 37.3 Å². The maximum absolute atomic E-state index is 13.1. The Labute approximate surface area is 291 Å². The fourth-order valence-corrected chi connectivity index (χ4v) is 6.34. The zero-order chi connectivity index (χ0) is 36.5. The molecule has 0 spiro atoms. The number of hydrogen-bond acceptors (Lipinski definition) is 8. The Morgan fingerprint density at radius 3 is 2.29 bits per heavy atom.